The summed E-state index contributed by atoms with van der Waals surface area (Å²) in [6.45, 7) is 15.8. The summed E-state index contributed by atoms with van der Waals surface area (Å²) >= 11 is 0. The number of rotatable bonds is 10. The molecule has 1 saturated heterocycles. The number of alkyl carbamates (subject to hydrolysis) is 1. The minimum Gasteiger partial charge on any atom is -0.489 e. The number of halogens is 3. The van der Waals surface area contributed by atoms with Gasteiger partial charge in [0, 0.05) is 12.1 Å². The van der Waals surface area contributed by atoms with Gasteiger partial charge in [-0.2, -0.15) is 18.2 Å². The van der Waals surface area contributed by atoms with E-state index in [1.165, 1.54) is 17.7 Å². The quantitative estimate of drug-likeness (QED) is 0.287. The number of ether oxygens (including phenoxy) is 2. The molecule has 1 aromatic carbocycles. The molecule has 2 heterocycles. The van der Waals surface area contributed by atoms with E-state index >= 15 is 0 Å². The highest BCUT2D eigenvalue weighted by molar-refractivity contribution is 5.69. The summed E-state index contributed by atoms with van der Waals surface area (Å²) in [6, 6.07) is 3.31. The van der Waals surface area contributed by atoms with Gasteiger partial charge in [0.05, 0.1) is 5.56 Å². The van der Waals surface area contributed by atoms with Gasteiger partial charge in [0.15, 0.2) is 0 Å². The molecule has 0 spiro atoms. The SMILES string of the molecule is C=C(NC(=O)OC(C)(C)C)N1CCC[C@H]1c1nc(-c2ccc(OC/C=C(\C)CCC=C(C)C)c(C(F)(F)F)c2)no1. The normalized spacial score (nSPS) is 16.0. The second-order valence-corrected chi connectivity index (χ2v) is 11.3. The molecule has 224 valence electrons. The van der Waals surface area contributed by atoms with Crippen LogP contribution in [0.3, 0.4) is 0 Å². The smallest absolute Gasteiger partial charge is 0.419 e. The van der Waals surface area contributed by atoms with Gasteiger partial charge >= 0.3 is 12.3 Å². The first-order chi connectivity index (χ1) is 19.1. The van der Waals surface area contributed by atoms with Crippen molar-refractivity contribution in [3.63, 3.8) is 0 Å². The van der Waals surface area contributed by atoms with E-state index in [1.54, 1.807) is 31.7 Å². The van der Waals surface area contributed by atoms with Gasteiger partial charge in [0.25, 0.3) is 0 Å². The molecule has 2 aromatic rings. The third-order valence-corrected chi connectivity index (χ3v) is 6.28. The molecule has 0 bridgehead atoms. The van der Waals surface area contributed by atoms with Crippen molar-refractivity contribution in [2.75, 3.05) is 13.2 Å². The van der Waals surface area contributed by atoms with E-state index in [4.69, 9.17) is 14.0 Å². The van der Waals surface area contributed by atoms with Crippen LogP contribution in [-0.4, -0.2) is 39.9 Å². The molecule has 3 rings (SSSR count). The van der Waals surface area contributed by atoms with Crippen molar-refractivity contribution >= 4 is 6.09 Å². The number of nitrogens with zero attached hydrogens (tertiary/aromatic N) is 3. The Morgan fingerprint density at radius 1 is 1.22 bits per heavy atom. The fraction of sp³-hybridized carbons (Fsp3) is 0.500. The monoisotopic (exact) mass is 576 g/mol. The number of nitrogens with one attached hydrogen (secondary N) is 1. The molecule has 1 amide bonds. The average Bonchev–Trinajstić information content (AvgIpc) is 3.52. The number of alkyl halides is 3. The summed E-state index contributed by atoms with van der Waals surface area (Å²) in [4.78, 5) is 18.4. The lowest BCUT2D eigenvalue weighted by molar-refractivity contribution is -0.138. The molecule has 1 aliphatic heterocycles. The third-order valence-electron chi connectivity index (χ3n) is 6.28. The Hall–Kier alpha value is -3.76. The summed E-state index contributed by atoms with van der Waals surface area (Å²) in [5, 5.41) is 6.56. The van der Waals surface area contributed by atoms with Crippen LogP contribution in [0.2, 0.25) is 0 Å². The number of hydrogen-bond donors (Lipinski definition) is 1. The first-order valence-corrected chi connectivity index (χ1v) is 13.6. The fourth-order valence-electron chi connectivity index (χ4n) is 4.31. The first kappa shape index (κ1) is 31.8. The van der Waals surface area contributed by atoms with Crippen LogP contribution in [0.25, 0.3) is 11.4 Å². The Morgan fingerprint density at radius 3 is 2.61 bits per heavy atom. The van der Waals surface area contributed by atoms with Crippen LogP contribution < -0.4 is 10.1 Å². The number of allylic oxidation sites excluding steroid dienone is 3. The van der Waals surface area contributed by atoms with Crippen molar-refractivity contribution in [2.24, 2.45) is 0 Å². The van der Waals surface area contributed by atoms with Crippen LogP contribution in [0.1, 0.15) is 84.7 Å². The number of amides is 1. The summed E-state index contributed by atoms with van der Waals surface area (Å²) < 4.78 is 58.1. The van der Waals surface area contributed by atoms with Crippen molar-refractivity contribution < 1.29 is 32.0 Å². The second kappa shape index (κ2) is 13.3. The maximum Gasteiger partial charge on any atom is 0.419 e. The summed E-state index contributed by atoms with van der Waals surface area (Å²) in [6.07, 6.45) is 1.70. The van der Waals surface area contributed by atoms with Crippen LogP contribution >= 0.6 is 0 Å². The van der Waals surface area contributed by atoms with E-state index in [9.17, 15) is 18.0 Å². The molecule has 11 heteroatoms. The number of hydrogen-bond acceptors (Lipinski definition) is 7. The number of carbonyl (C=O) groups is 1. The average molecular weight is 577 g/mol. The van der Waals surface area contributed by atoms with Gasteiger partial charge in [0.1, 0.15) is 29.8 Å². The minimum absolute atomic E-state index is 0.0182. The van der Waals surface area contributed by atoms with Crippen LogP contribution in [-0.2, 0) is 10.9 Å². The zero-order valence-electron chi connectivity index (χ0n) is 24.5. The molecule has 1 aromatic heterocycles. The highest BCUT2D eigenvalue weighted by Crippen LogP contribution is 2.39. The number of aromatic nitrogens is 2. The maximum absolute atomic E-state index is 13.9. The Kier molecular flexibility index (Phi) is 10.3. The fourth-order valence-corrected chi connectivity index (χ4v) is 4.31. The van der Waals surface area contributed by atoms with Crippen molar-refractivity contribution in [2.45, 2.75) is 85.0 Å². The van der Waals surface area contributed by atoms with Gasteiger partial charge in [-0.05, 0) is 91.5 Å². The lowest BCUT2D eigenvalue weighted by atomic mass is 10.1. The van der Waals surface area contributed by atoms with Gasteiger partial charge < -0.3 is 18.9 Å². The van der Waals surface area contributed by atoms with Gasteiger partial charge in [-0.15, -0.1) is 0 Å². The lowest BCUT2D eigenvalue weighted by Crippen LogP contribution is -2.37. The van der Waals surface area contributed by atoms with Gasteiger partial charge in [-0.1, -0.05) is 29.0 Å². The molecule has 1 aliphatic rings. The van der Waals surface area contributed by atoms with E-state index in [-0.39, 0.29) is 29.6 Å². The molecule has 0 aliphatic carbocycles. The summed E-state index contributed by atoms with van der Waals surface area (Å²) in [7, 11) is 0. The highest BCUT2D eigenvalue weighted by atomic mass is 19.4. The van der Waals surface area contributed by atoms with Crippen LogP contribution in [0.5, 0.6) is 5.75 Å². The Bertz CT molecular complexity index is 1290. The molecule has 1 atom stereocenters. The molecule has 1 N–H and O–H groups in total. The van der Waals surface area contributed by atoms with Crippen molar-refractivity contribution in [3.05, 3.63) is 65.4 Å². The van der Waals surface area contributed by atoms with Crippen molar-refractivity contribution in [1.82, 2.24) is 20.4 Å². The van der Waals surface area contributed by atoms with E-state index in [2.05, 4.69) is 28.1 Å². The predicted molar refractivity (Wildman–Crippen MR) is 150 cm³/mol. The third kappa shape index (κ3) is 9.40. The van der Waals surface area contributed by atoms with Crippen LogP contribution in [0, 0.1) is 0 Å². The lowest BCUT2D eigenvalue weighted by Gasteiger charge is -2.27. The molecular weight excluding hydrogens is 537 g/mol. The van der Waals surface area contributed by atoms with Gasteiger partial charge in [0.2, 0.25) is 11.7 Å². The van der Waals surface area contributed by atoms with E-state index in [0.717, 1.165) is 30.9 Å². The standard InChI is InChI=1S/C30H39F3N4O4/c1-19(2)10-8-11-20(3)15-17-39-25-14-13-22(18-23(25)30(31,32)33)26-35-27(41-36-26)24-12-9-16-37(24)21(4)34-28(38)40-29(5,6)7/h10,13-15,18,24H,4,8-9,11-12,16-17H2,1-3,5-7H3,(H,34,38)/b20-15+/t24-/m0/s1. The highest BCUT2D eigenvalue weighted by Gasteiger charge is 2.36. The number of carbonyl (C=O) groups excluding carboxylic acids is 1. The zero-order valence-corrected chi connectivity index (χ0v) is 24.5. The van der Waals surface area contributed by atoms with Crippen molar-refractivity contribution in [3.8, 4) is 17.1 Å². The molecule has 0 radical (unpaired) electrons. The molecule has 1 fully saturated rings. The van der Waals surface area contributed by atoms with E-state index in [0.29, 0.717) is 18.8 Å². The molecular formula is C30H39F3N4O4. The molecule has 0 saturated carbocycles. The predicted octanol–water partition coefficient (Wildman–Crippen LogP) is 7.96. The Morgan fingerprint density at radius 2 is 1.95 bits per heavy atom. The van der Waals surface area contributed by atoms with Crippen molar-refractivity contribution in [1.29, 1.82) is 0 Å². The first-order valence-electron chi connectivity index (χ1n) is 13.6. The maximum atomic E-state index is 13.9. The van der Waals surface area contributed by atoms with Gasteiger partial charge in [-0.25, -0.2) is 4.79 Å². The van der Waals surface area contributed by atoms with E-state index < -0.39 is 29.5 Å². The summed E-state index contributed by atoms with van der Waals surface area (Å²) in [5.41, 5.74) is 0.807. The number of benzene rings is 1. The summed E-state index contributed by atoms with van der Waals surface area (Å²) in [5.74, 6) is 0.269. The van der Waals surface area contributed by atoms with Gasteiger partial charge in [-0.3, -0.25) is 5.32 Å². The largest absolute Gasteiger partial charge is 0.489 e. The van der Waals surface area contributed by atoms with E-state index in [1.807, 2.05) is 20.8 Å². The topological polar surface area (TPSA) is 89.7 Å². The van der Waals surface area contributed by atoms with Crippen LogP contribution in [0.15, 0.2) is 58.4 Å². The molecule has 8 nitrogen and oxygen atoms in total. The van der Waals surface area contributed by atoms with Crippen LogP contribution in [0.4, 0.5) is 18.0 Å². The minimum atomic E-state index is -4.65. The Balaban J connectivity index is 1.73. The second-order valence-electron chi connectivity index (χ2n) is 11.3. The molecule has 0 unspecified atom stereocenters. The Labute approximate surface area is 239 Å². The zero-order chi connectivity index (χ0) is 30.4. The molecule has 41 heavy (non-hydrogen) atoms. The number of likely N-dealkylation sites (tertiary alicyclic amines) is 1.